The number of carbonyl (C=O) groups excluding carboxylic acids is 1. The molecule has 0 fully saturated rings. The average molecular weight is 517 g/mol. The Morgan fingerprint density at radius 2 is 1.72 bits per heavy atom. The van der Waals surface area contributed by atoms with Crippen molar-refractivity contribution < 1.29 is 19.0 Å². The number of fused-ring (bicyclic) bond motifs is 1. The highest BCUT2D eigenvalue weighted by Crippen LogP contribution is 2.34. The lowest BCUT2D eigenvalue weighted by molar-refractivity contribution is -0.129. The molecular formula is C28H21ClN2O4S. The second kappa shape index (κ2) is 10.0. The van der Waals surface area contributed by atoms with Crippen LogP contribution in [0.3, 0.4) is 0 Å². The predicted molar refractivity (Wildman–Crippen MR) is 142 cm³/mol. The first-order valence-corrected chi connectivity index (χ1v) is 12.2. The molecule has 1 aromatic heterocycles. The Kier molecular flexibility index (Phi) is 6.67. The van der Waals surface area contributed by atoms with E-state index in [4.69, 9.17) is 30.8 Å². The van der Waals surface area contributed by atoms with Gasteiger partial charge in [0, 0.05) is 26.4 Å². The van der Waals surface area contributed by atoms with Gasteiger partial charge in [-0.15, -0.1) is 0 Å². The van der Waals surface area contributed by atoms with Gasteiger partial charge in [-0.25, -0.2) is 14.8 Å². The van der Waals surface area contributed by atoms with Gasteiger partial charge in [-0.2, -0.15) is 0 Å². The predicted octanol–water partition coefficient (Wildman–Crippen LogP) is 6.71. The Bertz CT molecular complexity index is 1550. The quantitative estimate of drug-likeness (QED) is 0.209. The first-order chi connectivity index (χ1) is 17.4. The number of cyclic esters (lactones) is 1. The van der Waals surface area contributed by atoms with Crippen LogP contribution in [0, 0.1) is 6.92 Å². The molecule has 5 rings (SSSR count). The first kappa shape index (κ1) is 23.9. The number of hydrogen-bond acceptors (Lipinski definition) is 7. The number of carbonyl (C=O) groups is 1. The highest BCUT2D eigenvalue weighted by Gasteiger charge is 2.25. The smallest absolute Gasteiger partial charge is 0.363 e. The monoisotopic (exact) mass is 516 g/mol. The Balaban J connectivity index is 1.57. The highest BCUT2D eigenvalue weighted by atomic mass is 35.5. The number of aryl methyl sites for hydroxylation is 1. The number of esters is 1. The fraction of sp³-hybridized carbons (Fsp3) is 0.107. The second-order valence-corrected chi connectivity index (χ2v) is 9.54. The third-order valence-corrected chi connectivity index (χ3v) is 6.82. The van der Waals surface area contributed by atoms with Gasteiger partial charge in [0.2, 0.25) is 5.90 Å². The van der Waals surface area contributed by atoms with Gasteiger partial charge in [-0.1, -0.05) is 35.5 Å². The molecule has 36 heavy (non-hydrogen) atoms. The van der Waals surface area contributed by atoms with Gasteiger partial charge in [0.25, 0.3) is 0 Å². The molecule has 0 N–H and O–H groups in total. The third kappa shape index (κ3) is 4.94. The van der Waals surface area contributed by atoms with E-state index >= 15 is 0 Å². The number of aliphatic imine (C=N–C) groups is 1. The minimum absolute atomic E-state index is 0.186. The van der Waals surface area contributed by atoms with Crippen LogP contribution in [0.5, 0.6) is 11.5 Å². The van der Waals surface area contributed by atoms with Gasteiger partial charge < -0.3 is 14.2 Å². The van der Waals surface area contributed by atoms with Crippen molar-refractivity contribution in [1.29, 1.82) is 0 Å². The fourth-order valence-electron chi connectivity index (χ4n) is 3.72. The van der Waals surface area contributed by atoms with E-state index in [0.717, 1.165) is 32.0 Å². The Morgan fingerprint density at radius 1 is 0.944 bits per heavy atom. The first-order valence-electron chi connectivity index (χ1n) is 11.0. The van der Waals surface area contributed by atoms with Crippen LogP contribution in [-0.4, -0.2) is 31.1 Å². The molecule has 2 heterocycles. The highest BCUT2D eigenvalue weighted by molar-refractivity contribution is 7.99. The number of nitrogens with zero attached hydrogens (tertiary/aromatic N) is 2. The van der Waals surface area contributed by atoms with Gasteiger partial charge in [0.05, 0.1) is 19.7 Å². The van der Waals surface area contributed by atoms with Crippen LogP contribution >= 0.6 is 23.4 Å². The van der Waals surface area contributed by atoms with Gasteiger partial charge in [0.15, 0.2) is 17.2 Å². The van der Waals surface area contributed by atoms with Crippen molar-refractivity contribution >= 4 is 52.2 Å². The summed E-state index contributed by atoms with van der Waals surface area (Å²) in [5.41, 5.74) is 3.54. The van der Waals surface area contributed by atoms with Crippen molar-refractivity contribution in [3.05, 3.63) is 94.1 Å². The lowest BCUT2D eigenvalue weighted by atomic mass is 10.1. The lowest BCUT2D eigenvalue weighted by Crippen LogP contribution is -2.06. The number of ether oxygens (including phenoxy) is 3. The summed E-state index contributed by atoms with van der Waals surface area (Å²) in [4.78, 5) is 23.1. The summed E-state index contributed by atoms with van der Waals surface area (Å²) in [5, 5.41) is 2.36. The van der Waals surface area contributed by atoms with Gasteiger partial charge in [-0.3, -0.25) is 0 Å². The van der Waals surface area contributed by atoms with Crippen LogP contribution in [0.1, 0.15) is 16.7 Å². The Hall–Kier alpha value is -3.81. The molecule has 0 bridgehead atoms. The van der Waals surface area contributed by atoms with E-state index in [2.05, 4.69) is 4.99 Å². The minimum atomic E-state index is -0.536. The minimum Gasteiger partial charge on any atom is -0.493 e. The van der Waals surface area contributed by atoms with Gasteiger partial charge in [0.1, 0.15) is 5.03 Å². The molecule has 1 aliphatic rings. The van der Waals surface area contributed by atoms with Crippen LogP contribution in [0.15, 0.2) is 87.3 Å². The van der Waals surface area contributed by atoms with Gasteiger partial charge in [-0.05, 0) is 73.2 Å². The molecule has 0 atom stereocenters. The summed E-state index contributed by atoms with van der Waals surface area (Å²) >= 11 is 7.54. The number of halogens is 1. The normalized spacial score (nSPS) is 14.2. The van der Waals surface area contributed by atoms with E-state index in [9.17, 15) is 4.79 Å². The topological polar surface area (TPSA) is 70.0 Å². The number of aromatic nitrogens is 1. The number of benzene rings is 3. The molecule has 0 unspecified atom stereocenters. The third-order valence-electron chi connectivity index (χ3n) is 5.54. The molecule has 0 spiro atoms. The van der Waals surface area contributed by atoms with Crippen molar-refractivity contribution in [2.45, 2.75) is 16.8 Å². The SMILES string of the molecule is COc1ccc(C2=N/C(=C/c3cc4ccc(C)cc4nc3Sc3ccc(Cl)cc3)C(=O)O2)cc1OC. The zero-order valence-corrected chi connectivity index (χ0v) is 21.3. The van der Waals surface area contributed by atoms with Crippen LogP contribution in [-0.2, 0) is 9.53 Å². The number of methoxy groups -OCH3 is 2. The summed E-state index contributed by atoms with van der Waals surface area (Å²) in [5.74, 6) is 0.750. The van der Waals surface area contributed by atoms with Crippen LogP contribution in [0.2, 0.25) is 5.02 Å². The second-order valence-electron chi connectivity index (χ2n) is 8.04. The van der Waals surface area contributed by atoms with E-state index in [1.54, 1.807) is 38.5 Å². The largest absolute Gasteiger partial charge is 0.493 e. The maximum absolute atomic E-state index is 12.8. The molecular weight excluding hydrogens is 496 g/mol. The summed E-state index contributed by atoms with van der Waals surface area (Å²) < 4.78 is 16.1. The van der Waals surface area contributed by atoms with Crippen molar-refractivity contribution in [3.63, 3.8) is 0 Å². The fourth-order valence-corrected chi connectivity index (χ4v) is 4.73. The number of pyridine rings is 1. The average Bonchev–Trinajstić information content (AvgIpc) is 3.25. The summed E-state index contributed by atoms with van der Waals surface area (Å²) in [6.07, 6.45) is 1.71. The zero-order valence-electron chi connectivity index (χ0n) is 19.7. The molecule has 0 saturated heterocycles. The summed E-state index contributed by atoms with van der Waals surface area (Å²) in [6.45, 7) is 2.03. The van der Waals surface area contributed by atoms with Crippen molar-refractivity contribution in [3.8, 4) is 11.5 Å². The molecule has 0 aliphatic carbocycles. The molecule has 4 aromatic rings. The van der Waals surface area contributed by atoms with Crippen molar-refractivity contribution in [2.24, 2.45) is 4.99 Å². The molecule has 8 heteroatoms. The van der Waals surface area contributed by atoms with E-state index in [-0.39, 0.29) is 11.6 Å². The van der Waals surface area contributed by atoms with Gasteiger partial charge >= 0.3 is 5.97 Å². The summed E-state index contributed by atoms with van der Waals surface area (Å²) in [6, 6.07) is 20.8. The molecule has 0 radical (unpaired) electrons. The Labute approximate surface area is 217 Å². The van der Waals surface area contributed by atoms with E-state index < -0.39 is 5.97 Å². The van der Waals surface area contributed by atoms with Crippen molar-refractivity contribution in [1.82, 2.24) is 4.98 Å². The standard InChI is InChI=1S/C28H21ClN2O4S/c1-16-4-5-17-13-19(27(31-22(17)12-16)36-21-9-7-20(29)8-10-21)14-23-28(32)35-26(30-23)18-6-11-24(33-2)25(15-18)34-3/h4-15H,1-3H3/b23-14+. The summed E-state index contributed by atoms with van der Waals surface area (Å²) in [7, 11) is 3.10. The molecule has 3 aromatic carbocycles. The van der Waals surface area contributed by atoms with Crippen molar-refractivity contribution in [2.75, 3.05) is 14.2 Å². The number of hydrogen-bond donors (Lipinski definition) is 0. The van der Waals surface area contributed by atoms with E-state index in [1.165, 1.54) is 11.8 Å². The molecule has 1 aliphatic heterocycles. The van der Waals surface area contributed by atoms with E-state index in [1.807, 2.05) is 55.5 Å². The van der Waals surface area contributed by atoms with Crippen LogP contribution in [0.4, 0.5) is 0 Å². The number of rotatable bonds is 6. The Morgan fingerprint density at radius 3 is 2.47 bits per heavy atom. The zero-order chi connectivity index (χ0) is 25.2. The molecule has 0 amide bonds. The molecule has 6 nitrogen and oxygen atoms in total. The lowest BCUT2D eigenvalue weighted by Gasteiger charge is -2.09. The molecule has 0 saturated carbocycles. The van der Waals surface area contributed by atoms with Crippen LogP contribution in [0.25, 0.3) is 17.0 Å². The van der Waals surface area contributed by atoms with Crippen LogP contribution < -0.4 is 9.47 Å². The van der Waals surface area contributed by atoms with E-state index in [0.29, 0.717) is 22.1 Å². The molecule has 180 valence electrons. The maximum Gasteiger partial charge on any atom is 0.363 e. The maximum atomic E-state index is 12.8.